The second-order valence-corrected chi connectivity index (χ2v) is 8.12. The normalized spacial score (nSPS) is 12.2. The number of unbranched alkanes of at least 4 members (excludes halogenated alkanes) is 3. The van der Waals surface area contributed by atoms with Crippen LogP contribution in [0.1, 0.15) is 119 Å². The Morgan fingerprint density at radius 2 is 1.10 bits per heavy atom. The van der Waals surface area contributed by atoms with Crippen LogP contribution in [-0.2, 0) is 5.41 Å². The van der Waals surface area contributed by atoms with Crippen molar-refractivity contribution in [3.05, 3.63) is 71.8 Å². The molecule has 0 heterocycles. The van der Waals surface area contributed by atoms with Gasteiger partial charge >= 0.3 is 0 Å². The number of hydrogen-bond donors (Lipinski definition) is 0. The Kier molecular flexibility index (Phi) is 18.0. The summed E-state index contributed by atoms with van der Waals surface area (Å²) in [4.78, 5) is 0. The van der Waals surface area contributed by atoms with E-state index >= 15 is 0 Å². The van der Waals surface area contributed by atoms with Crippen LogP contribution in [0.2, 0.25) is 0 Å². The zero-order chi connectivity index (χ0) is 21.5. The molecule has 0 amide bonds. The predicted molar refractivity (Wildman–Crippen MR) is 146 cm³/mol. The Morgan fingerprint density at radius 3 is 1.52 bits per heavy atom. The van der Waals surface area contributed by atoms with Crippen LogP contribution >= 0.6 is 0 Å². The van der Waals surface area contributed by atoms with Crippen LogP contribution in [0.4, 0.5) is 0 Å². The molecule has 2 aromatic carbocycles. The van der Waals surface area contributed by atoms with Crippen molar-refractivity contribution >= 4 is 0 Å². The number of allylic oxidation sites excluding steroid dienone is 2. The van der Waals surface area contributed by atoms with Gasteiger partial charge in [0.1, 0.15) is 0 Å². The van der Waals surface area contributed by atoms with E-state index in [1.165, 1.54) is 73.6 Å². The molecule has 1 aliphatic rings. The van der Waals surface area contributed by atoms with E-state index in [1.54, 1.807) is 0 Å². The summed E-state index contributed by atoms with van der Waals surface area (Å²) in [6.07, 6.45) is 14.9. The zero-order valence-corrected chi connectivity index (χ0v) is 19.9. The van der Waals surface area contributed by atoms with Gasteiger partial charge in [0.15, 0.2) is 0 Å². The van der Waals surface area contributed by atoms with Crippen molar-refractivity contribution in [1.29, 1.82) is 0 Å². The maximum Gasteiger partial charge on any atom is 0.0394 e. The fraction of sp³-hybridized carbons (Fsp3) is 0.548. The minimum absolute atomic E-state index is 0. The third kappa shape index (κ3) is 8.32. The SMILES string of the molecule is C.C.CCC.CCC.CCCC=CC1(CCCCC)c2ccccc2-c2ccccc21. The molecule has 0 unspecified atom stereocenters. The minimum atomic E-state index is 0. The van der Waals surface area contributed by atoms with Crippen molar-refractivity contribution in [1.82, 2.24) is 0 Å². The second-order valence-electron chi connectivity index (χ2n) is 8.12. The lowest BCUT2D eigenvalue weighted by Crippen LogP contribution is -2.22. The van der Waals surface area contributed by atoms with E-state index in [-0.39, 0.29) is 20.3 Å². The van der Waals surface area contributed by atoms with E-state index in [1.807, 2.05) is 0 Å². The highest BCUT2D eigenvalue weighted by atomic mass is 14.4. The van der Waals surface area contributed by atoms with E-state index in [2.05, 4.69) is 102 Å². The average molecular weight is 425 g/mol. The Morgan fingerprint density at radius 1 is 0.645 bits per heavy atom. The van der Waals surface area contributed by atoms with Gasteiger partial charge in [0, 0.05) is 5.41 Å². The van der Waals surface area contributed by atoms with Crippen LogP contribution in [0, 0.1) is 0 Å². The summed E-state index contributed by atoms with van der Waals surface area (Å²) in [5, 5.41) is 0. The summed E-state index contributed by atoms with van der Waals surface area (Å²) in [7, 11) is 0. The number of fused-ring (bicyclic) bond motifs is 3. The van der Waals surface area contributed by atoms with Gasteiger partial charge in [-0.1, -0.05) is 156 Å². The highest BCUT2D eigenvalue weighted by Gasteiger charge is 2.40. The van der Waals surface area contributed by atoms with E-state index < -0.39 is 0 Å². The summed E-state index contributed by atoms with van der Waals surface area (Å²) in [5.41, 5.74) is 5.95. The molecule has 0 spiro atoms. The number of benzene rings is 2. The lowest BCUT2D eigenvalue weighted by atomic mass is 9.74. The quantitative estimate of drug-likeness (QED) is 0.306. The van der Waals surface area contributed by atoms with Gasteiger partial charge in [0.05, 0.1) is 0 Å². The first kappa shape index (κ1) is 31.4. The monoisotopic (exact) mass is 424 g/mol. The fourth-order valence-electron chi connectivity index (χ4n) is 4.00. The highest BCUT2D eigenvalue weighted by molar-refractivity contribution is 5.82. The van der Waals surface area contributed by atoms with Gasteiger partial charge in [-0.3, -0.25) is 0 Å². The van der Waals surface area contributed by atoms with Crippen molar-refractivity contribution in [2.75, 3.05) is 0 Å². The molecule has 0 saturated heterocycles. The second kappa shape index (κ2) is 17.8. The zero-order valence-electron chi connectivity index (χ0n) is 19.9. The molecular weight excluding hydrogens is 372 g/mol. The summed E-state index contributed by atoms with van der Waals surface area (Å²) < 4.78 is 0. The fourth-order valence-corrected chi connectivity index (χ4v) is 4.00. The van der Waals surface area contributed by atoms with Crippen molar-refractivity contribution in [3.8, 4) is 11.1 Å². The van der Waals surface area contributed by atoms with Gasteiger partial charge in [-0.25, -0.2) is 0 Å². The molecule has 0 aliphatic heterocycles. The molecule has 0 radical (unpaired) electrons. The molecule has 2 aromatic rings. The Labute approximate surface area is 196 Å². The first-order valence-corrected chi connectivity index (χ1v) is 12.0. The third-order valence-electron chi connectivity index (χ3n) is 5.14. The lowest BCUT2D eigenvalue weighted by Gasteiger charge is -2.29. The van der Waals surface area contributed by atoms with E-state index in [0.29, 0.717) is 0 Å². The average Bonchev–Trinajstić information content (AvgIpc) is 3.01. The van der Waals surface area contributed by atoms with Gasteiger partial charge < -0.3 is 0 Å². The predicted octanol–water partition coefficient (Wildman–Crippen LogP) is 11.0. The molecule has 0 aromatic heterocycles. The molecule has 0 nitrogen and oxygen atoms in total. The minimum Gasteiger partial charge on any atom is -0.0873 e. The van der Waals surface area contributed by atoms with Crippen LogP contribution < -0.4 is 0 Å². The number of rotatable bonds is 7. The maximum atomic E-state index is 2.51. The van der Waals surface area contributed by atoms with Crippen molar-refractivity contribution < 1.29 is 0 Å². The van der Waals surface area contributed by atoms with Crippen LogP contribution in [0.3, 0.4) is 0 Å². The Balaban J connectivity index is 0. The lowest BCUT2D eigenvalue weighted by molar-refractivity contribution is 0.538. The number of hydrogen-bond acceptors (Lipinski definition) is 0. The molecule has 0 N–H and O–H groups in total. The molecule has 0 bridgehead atoms. The van der Waals surface area contributed by atoms with Gasteiger partial charge in [0.2, 0.25) is 0 Å². The van der Waals surface area contributed by atoms with E-state index in [9.17, 15) is 0 Å². The third-order valence-corrected chi connectivity index (χ3v) is 5.14. The summed E-state index contributed by atoms with van der Waals surface area (Å²) in [5.74, 6) is 0. The van der Waals surface area contributed by atoms with Gasteiger partial charge in [-0.2, -0.15) is 0 Å². The maximum absolute atomic E-state index is 2.51. The van der Waals surface area contributed by atoms with E-state index in [4.69, 9.17) is 0 Å². The Bertz CT molecular complexity index is 660. The first-order valence-electron chi connectivity index (χ1n) is 12.0. The largest absolute Gasteiger partial charge is 0.0873 e. The first-order chi connectivity index (χ1) is 14.2. The van der Waals surface area contributed by atoms with Crippen LogP contribution in [-0.4, -0.2) is 0 Å². The summed E-state index contributed by atoms with van der Waals surface area (Å²) in [6.45, 7) is 13.0. The molecule has 0 saturated carbocycles. The molecule has 176 valence electrons. The Hall–Kier alpha value is -1.82. The van der Waals surface area contributed by atoms with Crippen LogP contribution in [0.15, 0.2) is 60.7 Å². The van der Waals surface area contributed by atoms with Crippen molar-refractivity contribution in [2.24, 2.45) is 0 Å². The van der Waals surface area contributed by atoms with Crippen molar-refractivity contribution in [2.45, 2.75) is 113 Å². The van der Waals surface area contributed by atoms with Gasteiger partial charge in [0.25, 0.3) is 0 Å². The van der Waals surface area contributed by atoms with E-state index in [0.717, 1.165) is 0 Å². The molecule has 3 rings (SSSR count). The molecule has 1 aliphatic carbocycles. The van der Waals surface area contributed by atoms with Crippen LogP contribution in [0.25, 0.3) is 11.1 Å². The molecular formula is C31H52. The molecule has 0 heteroatoms. The molecule has 31 heavy (non-hydrogen) atoms. The molecule has 0 fully saturated rings. The van der Waals surface area contributed by atoms with Gasteiger partial charge in [-0.05, 0) is 35.1 Å². The summed E-state index contributed by atoms with van der Waals surface area (Å²) in [6, 6.07) is 18.0. The van der Waals surface area contributed by atoms with Crippen molar-refractivity contribution in [3.63, 3.8) is 0 Å². The smallest absolute Gasteiger partial charge is 0.0394 e. The summed E-state index contributed by atoms with van der Waals surface area (Å²) >= 11 is 0. The van der Waals surface area contributed by atoms with Crippen LogP contribution in [0.5, 0.6) is 0 Å². The standard InChI is InChI=1S/C23H28.2C3H8.2CH4/c1-3-5-11-17-23(18-12-6-4-2)21-15-9-7-13-19(21)20-14-8-10-16-22(20)23;2*1-3-2;;/h7-11,13-17H,3-6,12,18H2,1-2H3;2*3H2,1-2H3;2*1H4. The van der Waals surface area contributed by atoms with Gasteiger partial charge in [-0.15, -0.1) is 0 Å². The highest BCUT2D eigenvalue weighted by Crippen LogP contribution is 2.52. The topological polar surface area (TPSA) is 0 Å². The molecule has 0 atom stereocenters.